The molecule has 2 rings (SSSR count). The molecule has 0 atom stereocenters. The van der Waals surface area contributed by atoms with E-state index in [4.69, 9.17) is 0 Å². The summed E-state index contributed by atoms with van der Waals surface area (Å²) in [5.74, 6) is 0. The van der Waals surface area contributed by atoms with E-state index in [0.717, 1.165) is 6.42 Å². The predicted octanol–water partition coefficient (Wildman–Crippen LogP) is 3.32. The van der Waals surface area contributed by atoms with Gasteiger partial charge in [0.15, 0.2) is 0 Å². The van der Waals surface area contributed by atoms with E-state index in [1.54, 1.807) is 0 Å². The van der Waals surface area contributed by atoms with Crippen molar-refractivity contribution in [2.45, 2.75) is 6.42 Å². The summed E-state index contributed by atoms with van der Waals surface area (Å²) < 4.78 is 0. The molecule has 1 nitrogen and oxygen atoms in total. The van der Waals surface area contributed by atoms with Gasteiger partial charge in [-0.15, -0.1) is 0 Å². The first-order chi connectivity index (χ1) is 7.40. The zero-order valence-corrected chi connectivity index (χ0v) is 8.56. The second-order valence-corrected chi connectivity index (χ2v) is 3.44. The lowest BCUT2D eigenvalue weighted by Crippen LogP contribution is -1.91. The number of pyridine rings is 1. The fourth-order valence-electron chi connectivity index (χ4n) is 1.61. The number of hydrogen-bond donors (Lipinski definition) is 0. The molecule has 0 saturated heterocycles. The molecule has 0 spiro atoms. The van der Waals surface area contributed by atoms with E-state index in [9.17, 15) is 0 Å². The van der Waals surface area contributed by atoms with E-state index in [1.165, 1.54) is 16.7 Å². The van der Waals surface area contributed by atoms with Crippen LogP contribution in [0.15, 0.2) is 55.4 Å². The SMILES string of the molecule is C=Cc1ccccc1Cc1ccncc1. The molecule has 0 aliphatic heterocycles. The molecule has 1 heterocycles. The Balaban J connectivity index is 2.28. The van der Waals surface area contributed by atoms with Crippen LogP contribution in [0.5, 0.6) is 0 Å². The van der Waals surface area contributed by atoms with E-state index < -0.39 is 0 Å². The number of benzene rings is 1. The van der Waals surface area contributed by atoms with Gasteiger partial charge in [-0.25, -0.2) is 0 Å². The van der Waals surface area contributed by atoms with Crippen molar-refractivity contribution in [3.05, 3.63) is 72.1 Å². The van der Waals surface area contributed by atoms with Gasteiger partial charge in [-0.05, 0) is 35.2 Å². The fraction of sp³-hybridized carbons (Fsp3) is 0.0714. The van der Waals surface area contributed by atoms with Crippen LogP contribution in [0.1, 0.15) is 16.7 Å². The normalized spacial score (nSPS) is 9.87. The summed E-state index contributed by atoms with van der Waals surface area (Å²) in [5.41, 5.74) is 3.78. The van der Waals surface area contributed by atoms with Crippen molar-refractivity contribution in [2.75, 3.05) is 0 Å². The van der Waals surface area contributed by atoms with Crippen molar-refractivity contribution >= 4 is 6.08 Å². The van der Waals surface area contributed by atoms with Gasteiger partial charge in [0.25, 0.3) is 0 Å². The van der Waals surface area contributed by atoms with Gasteiger partial charge in [0.05, 0.1) is 0 Å². The third-order valence-electron chi connectivity index (χ3n) is 2.42. The monoisotopic (exact) mass is 195 g/mol. The van der Waals surface area contributed by atoms with Crippen LogP contribution >= 0.6 is 0 Å². The Bertz CT molecular complexity index is 446. The van der Waals surface area contributed by atoms with Gasteiger partial charge in [-0.3, -0.25) is 4.98 Å². The average molecular weight is 195 g/mol. The van der Waals surface area contributed by atoms with Crippen LogP contribution in [-0.2, 0) is 6.42 Å². The van der Waals surface area contributed by atoms with Gasteiger partial charge in [0.2, 0.25) is 0 Å². The minimum absolute atomic E-state index is 0.935. The molecule has 1 heteroatoms. The van der Waals surface area contributed by atoms with Gasteiger partial charge < -0.3 is 0 Å². The summed E-state index contributed by atoms with van der Waals surface area (Å²) in [4.78, 5) is 4.01. The molecule has 0 aliphatic rings. The van der Waals surface area contributed by atoms with Crippen LogP contribution in [0.3, 0.4) is 0 Å². The smallest absolute Gasteiger partial charge is 0.0270 e. The molecule has 0 N–H and O–H groups in total. The highest BCUT2D eigenvalue weighted by Gasteiger charge is 1.99. The minimum Gasteiger partial charge on any atom is -0.265 e. The zero-order chi connectivity index (χ0) is 10.5. The van der Waals surface area contributed by atoms with Crippen LogP contribution in [0, 0.1) is 0 Å². The summed E-state index contributed by atoms with van der Waals surface area (Å²) in [5, 5.41) is 0. The molecule has 0 unspecified atom stereocenters. The van der Waals surface area contributed by atoms with E-state index >= 15 is 0 Å². The largest absolute Gasteiger partial charge is 0.265 e. The third kappa shape index (κ3) is 2.32. The highest BCUT2D eigenvalue weighted by molar-refractivity contribution is 5.52. The van der Waals surface area contributed by atoms with Crippen molar-refractivity contribution in [3.8, 4) is 0 Å². The van der Waals surface area contributed by atoms with E-state index in [2.05, 4.69) is 29.8 Å². The lowest BCUT2D eigenvalue weighted by atomic mass is 10.0. The van der Waals surface area contributed by atoms with Crippen molar-refractivity contribution < 1.29 is 0 Å². The number of aromatic nitrogens is 1. The first-order valence-corrected chi connectivity index (χ1v) is 4.99. The lowest BCUT2D eigenvalue weighted by molar-refractivity contribution is 1.16. The van der Waals surface area contributed by atoms with E-state index in [0.29, 0.717) is 0 Å². The van der Waals surface area contributed by atoms with E-state index in [1.807, 2.05) is 36.7 Å². The molecule has 0 bridgehead atoms. The van der Waals surface area contributed by atoms with Crippen LogP contribution < -0.4 is 0 Å². The molecule has 15 heavy (non-hydrogen) atoms. The Hall–Kier alpha value is -1.89. The molecule has 0 radical (unpaired) electrons. The Labute approximate surface area is 90.1 Å². The predicted molar refractivity (Wildman–Crippen MR) is 63.6 cm³/mol. The van der Waals surface area contributed by atoms with Crippen molar-refractivity contribution in [1.29, 1.82) is 0 Å². The molecule has 0 fully saturated rings. The Morgan fingerprint density at radius 3 is 2.53 bits per heavy atom. The number of nitrogens with zero attached hydrogens (tertiary/aromatic N) is 1. The van der Waals surface area contributed by atoms with Gasteiger partial charge in [0.1, 0.15) is 0 Å². The van der Waals surface area contributed by atoms with Crippen LogP contribution in [0.2, 0.25) is 0 Å². The highest BCUT2D eigenvalue weighted by atomic mass is 14.6. The van der Waals surface area contributed by atoms with Crippen molar-refractivity contribution in [3.63, 3.8) is 0 Å². The second kappa shape index (κ2) is 4.56. The summed E-state index contributed by atoms with van der Waals surface area (Å²) in [6, 6.07) is 12.4. The summed E-state index contributed by atoms with van der Waals surface area (Å²) in [6.07, 6.45) is 6.49. The van der Waals surface area contributed by atoms with Crippen molar-refractivity contribution in [2.24, 2.45) is 0 Å². The van der Waals surface area contributed by atoms with Gasteiger partial charge in [0, 0.05) is 12.4 Å². The molecule has 74 valence electrons. The molecular formula is C14H13N. The Morgan fingerprint density at radius 2 is 1.80 bits per heavy atom. The fourth-order valence-corrected chi connectivity index (χ4v) is 1.61. The number of hydrogen-bond acceptors (Lipinski definition) is 1. The summed E-state index contributed by atoms with van der Waals surface area (Å²) >= 11 is 0. The quantitative estimate of drug-likeness (QED) is 0.732. The van der Waals surface area contributed by atoms with E-state index in [-0.39, 0.29) is 0 Å². The van der Waals surface area contributed by atoms with Crippen LogP contribution in [-0.4, -0.2) is 4.98 Å². The Morgan fingerprint density at radius 1 is 1.07 bits per heavy atom. The van der Waals surface area contributed by atoms with Crippen molar-refractivity contribution in [1.82, 2.24) is 4.98 Å². The maximum Gasteiger partial charge on any atom is 0.0270 e. The average Bonchev–Trinajstić information content (AvgIpc) is 2.31. The van der Waals surface area contributed by atoms with Gasteiger partial charge in [-0.1, -0.05) is 36.9 Å². The lowest BCUT2D eigenvalue weighted by Gasteiger charge is -2.05. The molecule has 0 amide bonds. The van der Waals surface area contributed by atoms with Crippen LogP contribution in [0.25, 0.3) is 6.08 Å². The van der Waals surface area contributed by atoms with Gasteiger partial charge >= 0.3 is 0 Å². The standard InChI is InChI=1S/C14H13N/c1-2-13-5-3-4-6-14(13)11-12-7-9-15-10-8-12/h2-10H,1,11H2. The third-order valence-corrected chi connectivity index (χ3v) is 2.42. The minimum atomic E-state index is 0.935. The molecule has 1 aromatic carbocycles. The maximum absolute atomic E-state index is 4.01. The Kier molecular flexibility index (Phi) is 2.93. The topological polar surface area (TPSA) is 12.9 Å². The molecule has 0 saturated carbocycles. The first kappa shape index (κ1) is 9.66. The second-order valence-electron chi connectivity index (χ2n) is 3.44. The van der Waals surface area contributed by atoms with Crippen LogP contribution in [0.4, 0.5) is 0 Å². The van der Waals surface area contributed by atoms with Gasteiger partial charge in [-0.2, -0.15) is 0 Å². The molecule has 2 aromatic rings. The number of rotatable bonds is 3. The zero-order valence-electron chi connectivity index (χ0n) is 8.56. The maximum atomic E-state index is 4.01. The first-order valence-electron chi connectivity index (χ1n) is 4.99. The molecule has 1 aromatic heterocycles. The molecule has 0 aliphatic carbocycles. The highest BCUT2D eigenvalue weighted by Crippen LogP contribution is 2.14. The molecular weight excluding hydrogens is 182 g/mol. The summed E-state index contributed by atoms with van der Waals surface area (Å²) in [6.45, 7) is 3.82. The summed E-state index contributed by atoms with van der Waals surface area (Å²) in [7, 11) is 0.